The van der Waals surface area contributed by atoms with Gasteiger partial charge in [0, 0.05) is 5.56 Å². The summed E-state index contributed by atoms with van der Waals surface area (Å²) < 4.78 is 28.7. The van der Waals surface area contributed by atoms with Gasteiger partial charge in [0.05, 0.1) is 17.6 Å². The van der Waals surface area contributed by atoms with Gasteiger partial charge in [0.25, 0.3) is 0 Å². The van der Waals surface area contributed by atoms with Crippen LogP contribution in [0.25, 0.3) is 11.1 Å². The summed E-state index contributed by atoms with van der Waals surface area (Å²) in [6.45, 7) is 1.98. The second-order valence-corrected chi connectivity index (χ2v) is 6.69. The normalized spacial score (nSPS) is 11.3. The summed E-state index contributed by atoms with van der Waals surface area (Å²) in [7, 11) is -2.72. The smallest absolute Gasteiger partial charge is 0.338 e. The first-order valence-corrected chi connectivity index (χ1v) is 8.76. The molecule has 5 nitrogen and oxygen atoms in total. The zero-order valence-electron chi connectivity index (χ0n) is 13.1. The molecule has 2 N–H and O–H groups in total. The zero-order chi connectivity index (χ0) is 17.0. The minimum atomic E-state index is -3.99. The van der Waals surface area contributed by atoms with Crippen molar-refractivity contribution >= 4 is 16.0 Å². The first-order valence-electron chi connectivity index (χ1n) is 7.22. The maximum Gasteiger partial charge on any atom is 0.338 e. The number of carbonyl (C=O) groups excluding carboxylic acids is 1. The Hall–Kier alpha value is -2.18. The van der Waals surface area contributed by atoms with E-state index >= 15 is 0 Å². The predicted molar refractivity (Wildman–Crippen MR) is 88.6 cm³/mol. The molecule has 0 amide bonds. The van der Waals surface area contributed by atoms with Crippen LogP contribution in [-0.4, -0.2) is 21.5 Å². The molecule has 122 valence electrons. The van der Waals surface area contributed by atoms with Crippen molar-refractivity contribution in [3.8, 4) is 11.1 Å². The van der Waals surface area contributed by atoms with Crippen molar-refractivity contribution in [3.63, 3.8) is 0 Å². The Morgan fingerprint density at radius 2 is 1.83 bits per heavy atom. The highest BCUT2D eigenvalue weighted by molar-refractivity contribution is 7.89. The van der Waals surface area contributed by atoms with Gasteiger partial charge in [-0.2, -0.15) is 0 Å². The van der Waals surface area contributed by atoms with Crippen molar-refractivity contribution < 1.29 is 17.9 Å². The van der Waals surface area contributed by atoms with Crippen molar-refractivity contribution in [2.24, 2.45) is 5.14 Å². The molecule has 0 aromatic heterocycles. The van der Waals surface area contributed by atoms with Gasteiger partial charge < -0.3 is 4.74 Å². The van der Waals surface area contributed by atoms with Crippen LogP contribution < -0.4 is 5.14 Å². The van der Waals surface area contributed by atoms with E-state index < -0.39 is 16.0 Å². The second-order valence-electron chi connectivity index (χ2n) is 5.16. The highest BCUT2D eigenvalue weighted by Gasteiger charge is 2.22. The molecule has 23 heavy (non-hydrogen) atoms. The van der Waals surface area contributed by atoms with Crippen LogP contribution in [0.4, 0.5) is 0 Å². The van der Waals surface area contributed by atoms with E-state index in [1.807, 2.05) is 25.1 Å². The molecular weight excluding hydrogens is 314 g/mol. The molecule has 0 heterocycles. The van der Waals surface area contributed by atoms with E-state index in [-0.39, 0.29) is 10.5 Å². The molecule has 0 unspecified atom stereocenters. The summed E-state index contributed by atoms with van der Waals surface area (Å²) in [6.07, 6.45) is 1.45. The fourth-order valence-electron chi connectivity index (χ4n) is 2.48. The highest BCUT2D eigenvalue weighted by Crippen LogP contribution is 2.30. The van der Waals surface area contributed by atoms with E-state index in [4.69, 9.17) is 9.88 Å². The lowest BCUT2D eigenvalue weighted by Gasteiger charge is -2.14. The fourth-order valence-corrected chi connectivity index (χ4v) is 3.24. The van der Waals surface area contributed by atoms with E-state index in [1.54, 1.807) is 18.2 Å². The van der Waals surface area contributed by atoms with E-state index in [9.17, 15) is 13.2 Å². The van der Waals surface area contributed by atoms with Gasteiger partial charge in [-0.25, -0.2) is 18.4 Å². The molecular formula is C17H19NO4S. The van der Waals surface area contributed by atoms with Crippen LogP contribution in [-0.2, 0) is 21.2 Å². The number of sulfonamides is 1. The number of aryl methyl sites for hydroxylation is 1. The summed E-state index contributed by atoms with van der Waals surface area (Å²) in [6, 6.07) is 12.1. The SMILES string of the molecule is CCCc1cc(-c2ccccc2)c(S(N)(=O)=O)cc1C(=O)OC. The molecule has 0 atom stereocenters. The Morgan fingerprint density at radius 1 is 1.17 bits per heavy atom. The third-order valence-electron chi connectivity index (χ3n) is 3.52. The fraction of sp³-hybridized carbons (Fsp3) is 0.235. The number of hydrogen-bond acceptors (Lipinski definition) is 4. The van der Waals surface area contributed by atoms with Gasteiger partial charge in [0.2, 0.25) is 10.0 Å². The summed E-state index contributed by atoms with van der Waals surface area (Å²) in [5, 5.41) is 5.35. The first kappa shape index (κ1) is 17.2. The molecule has 2 aromatic carbocycles. The van der Waals surface area contributed by atoms with Crippen molar-refractivity contribution in [2.75, 3.05) is 7.11 Å². The molecule has 0 fully saturated rings. The van der Waals surface area contributed by atoms with Gasteiger partial charge in [-0.15, -0.1) is 0 Å². The quantitative estimate of drug-likeness (QED) is 0.852. The molecule has 2 aromatic rings. The number of rotatable bonds is 5. The molecule has 0 aliphatic rings. The summed E-state index contributed by atoms with van der Waals surface area (Å²) in [4.78, 5) is 11.9. The lowest BCUT2D eigenvalue weighted by molar-refractivity contribution is 0.0599. The van der Waals surface area contributed by atoms with Crippen molar-refractivity contribution in [1.29, 1.82) is 0 Å². The summed E-state index contributed by atoms with van der Waals surface area (Å²) >= 11 is 0. The van der Waals surface area contributed by atoms with Crippen LogP contribution in [0.15, 0.2) is 47.4 Å². The van der Waals surface area contributed by atoms with Crippen molar-refractivity contribution in [3.05, 3.63) is 53.6 Å². The Labute approximate surface area is 136 Å². The van der Waals surface area contributed by atoms with Crippen LogP contribution in [0.3, 0.4) is 0 Å². The predicted octanol–water partition coefficient (Wildman–Crippen LogP) is 2.74. The van der Waals surface area contributed by atoms with Crippen LogP contribution in [0, 0.1) is 0 Å². The number of carbonyl (C=O) groups is 1. The highest BCUT2D eigenvalue weighted by atomic mass is 32.2. The molecule has 2 rings (SSSR count). The van der Waals surface area contributed by atoms with Gasteiger partial charge in [0.15, 0.2) is 0 Å². The van der Waals surface area contributed by atoms with Crippen molar-refractivity contribution in [2.45, 2.75) is 24.7 Å². The molecule has 6 heteroatoms. The van der Waals surface area contributed by atoms with Crippen LogP contribution in [0.5, 0.6) is 0 Å². The minimum Gasteiger partial charge on any atom is -0.465 e. The van der Waals surface area contributed by atoms with E-state index in [1.165, 1.54) is 13.2 Å². The van der Waals surface area contributed by atoms with Crippen LogP contribution in [0.1, 0.15) is 29.3 Å². The number of nitrogens with two attached hydrogens (primary N) is 1. The molecule has 0 saturated carbocycles. The molecule has 0 aliphatic carbocycles. The first-order chi connectivity index (χ1) is 10.9. The van der Waals surface area contributed by atoms with E-state index in [0.717, 1.165) is 17.5 Å². The molecule has 0 bridgehead atoms. The molecule has 0 saturated heterocycles. The number of ether oxygens (including phenoxy) is 1. The summed E-state index contributed by atoms with van der Waals surface area (Å²) in [5.74, 6) is -0.571. The number of methoxy groups -OCH3 is 1. The maximum absolute atomic E-state index is 12.0. The van der Waals surface area contributed by atoms with Gasteiger partial charge in [-0.3, -0.25) is 0 Å². The van der Waals surface area contributed by atoms with Crippen molar-refractivity contribution in [1.82, 2.24) is 0 Å². The van der Waals surface area contributed by atoms with Crippen LogP contribution >= 0.6 is 0 Å². The number of primary sulfonamides is 1. The third-order valence-corrected chi connectivity index (χ3v) is 4.47. The lowest BCUT2D eigenvalue weighted by atomic mass is 9.96. The van der Waals surface area contributed by atoms with Gasteiger partial charge in [0.1, 0.15) is 0 Å². The molecule has 0 aliphatic heterocycles. The Balaban J connectivity index is 2.79. The van der Waals surface area contributed by atoms with Gasteiger partial charge in [-0.1, -0.05) is 43.7 Å². The maximum atomic E-state index is 12.0. The average molecular weight is 333 g/mol. The second kappa shape index (κ2) is 6.93. The lowest BCUT2D eigenvalue weighted by Crippen LogP contribution is -2.16. The zero-order valence-corrected chi connectivity index (χ0v) is 13.9. The third kappa shape index (κ3) is 3.78. The number of benzene rings is 2. The largest absolute Gasteiger partial charge is 0.465 e. The number of hydrogen-bond donors (Lipinski definition) is 1. The Kier molecular flexibility index (Phi) is 5.18. The minimum absolute atomic E-state index is 0.0797. The Bertz CT molecular complexity index is 814. The monoisotopic (exact) mass is 333 g/mol. The van der Waals surface area contributed by atoms with E-state index in [0.29, 0.717) is 12.0 Å². The average Bonchev–Trinajstić information content (AvgIpc) is 2.54. The molecule has 0 radical (unpaired) electrons. The summed E-state index contributed by atoms with van der Waals surface area (Å²) in [5.41, 5.74) is 2.19. The topological polar surface area (TPSA) is 86.5 Å². The molecule has 0 spiro atoms. The van der Waals surface area contributed by atoms with Gasteiger partial charge >= 0.3 is 5.97 Å². The Morgan fingerprint density at radius 3 is 2.35 bits per heavy atom. The van der Waals surface area contributed by atoms with Gasteiger partial charge in [-0.05, 0) is 29.7 Å². The van der Waals surface area contributed by atoms with E-state index in [2.05, 4.69) is 0 Å². The standard InChI is InChI=1S/C17H19NO4S/c1-3-7-13-10-14(12-8-5-4-6-9-12)16(23(18,20)21)11-15(13)17(19)22-2/h4-6,8-11H,3,7H2,1-2H3,(H2,18,20,21). The van der Waals surface area contributed by atoms with Crippen LogP contribution in [0.2, 0.25) is 0 Å². The number of esters is 1.